The highest BCUT2D eigenvalue weighted by molar-refractivity contribution is 8.14. The summed E-state index contributed by atoms with van der Waals surface area (Å²) in [5.41, 5.74) is 2.37. The summed E-state index contributed by atoms with van der Waals surface area (Å²) in [7, 11) is 3.18. The molecule has 0 bridgehead atoms. The lowest BCUT2D eigenvalue weighted by molar-refractivity contribution is -0.114. The van der Waals surface area contributed by atoms with Gasteiger partial charge in [-0.05, 0) is 79.2 Å². The number of hydrogen-bond acceptors (Lipinski definition) is 7. The SMILES string of the molecule is CCOc1ccc(N2C(=O)C(=Cc3ccc(OC)cc3)N=C2SCC(=O)Nc2ccc(OC)cc2)cc1. The zero-order valence-electron chi connectivity index (χ0n) is 20.8. The van der Waals surface area contributed by atoms with Crippen molar-refractivity contribution >= 4 is 46.2 Å². The van der Waals surface area contributed by atoms with Gasteiger partial charge in [0.25, 0.3) is 5.91 Å². The molecule has 3 aromatic carbocycles. The Labute approximate surface area is 219 Å². The number of carbonyl (C=O) groups is 2. The van der Waals surface area contributed by atoms with E-state index in [1.54, 1.807) is 68.8 Å². The Morgan fingerprint density at radius 2 is 1.51 bits per heavy atom. The minimum Gasteiger partial charge on any atom is -0.497 e. The summed E-state index contributed by atoms with van der Waals surface area (Å²) in [6, 6.07) is 21.6. The van der Waals surface area contributed by atoms with Crippen LogP contribution in [0, 0.1) is 0 Å². The molecule has 1 N–H and O–H groups in total. The van der Waals surface area contributed by atoms with E-state index in [0.29, 0.717) is 34.6 Å². The van der Waals surface area contributed by atoms with Crippen LogP contribution in [0.4, 0.5) is 11.4 Å². The van der Waals surface area contributed by atoms with Crippen LogP contribution in [0.25, 0.3) is 6.08 Å². The highest BCUT2D eigenvalue weighted by Gasteiger charge is 2.32. The van der Waals surface area contributed by atoms with Gasteiger partial charge < -0.3 is 19.5 Å². The minimum atomic E-state index is -0.280. The fourth-order valence-corrected chi connectivity index (χ4v) is 4.35. The summed E-state index contributed by atoms with van der Waals surface area (Å²) < 4.78 is 15.9. The van der Waals surface area contributed by atoms with E-state index in [1.165, 1.54) is 16.7 Å². The van der Waals surface area contributed by atoms with Gasteiger partial charge in [-0.3, -0.25) is 14.5 Å². The number of rotatable bonds is 9. The molecule has 9 heteroatoms. The molecule has 2 amide bonds. The van der Waals surface area contributed by atoms with Crippen molar-refractivity contribution in [3.8, 4) is 17.2 Å². The van der Waals surface area contributed by atoms with Crippen LogP contribution in [0.1, 0.15) is 12.5 Å². The summed E-state index contributed by atoms with van der Waals surface area (Å²) in [5, 5.41) is 3.27. The molecule has 0 saturated carbocycles. The van der Waals surface area contributed by atoms with Crippen molar-refractivity contribution in [1.82, 2.24) is 0 Å². The molecule has 4 rings (SSSR count). The number of nitrogens with one attached hydrogen (secondary N) is 1. The molecule has 1 heterocycles. The highest BCUT2D eigenvalue weighted by Crippen LogP contribution is 2.31. The second-order valence-electron chi connectivity index (χ2n) is 7.83. The summed E-state index contributed by atoms with van der Waals surface area (Å²) >= 11 is 1.19. The van der Waals surface area contributed by atoms with Crippen molar-refractivity contribution < 1.29 is 23.8 Å². The Morgan fingerprint density at radius 1 is 0.919 bits per heavy atom. The Hall–Kier alpha value is -4.24. The fraction of sp³-hybridized carbons (Fsp3) is 0.179. The summed E-state index contributed by atoms with van der Waals surface area (Å²) in [5.74, 6) is 1.70. The summed E-state index contributed by atoms with van der Waals surface area (Å²) in [6.07, 6.45) is 1.72. The van der Waals surface area contributed by atoms with Gasteiger partial charge in [-0.2, -0.15) is 0 Å². The van der Waals surface area contributed by atoms with E-state index in [1.807, 2.05) is 31.2 Å². The van der Waals surface area contributed by atoms with Gasteiger partial charge in [-0.15, -0.1) is 0 Å². The first-order valence-electron chi connectivity index (χ1n) is 11.6. The van der Waals surface area contributed by atoms with Crippen LogP contribution in [0.2, 0.25) is 0 Å². The number of benzene rings is 3. The maximum absolute atomic E-state index is 13.4. The van der Waals surface area contributed by atoms with Crippen molar-refractivity contribution in [3.63, 3.8) is 0 Å². The molecular weight excluding hydrogens is 490 g/mol. The lowest BCUT2D eigenvalue weighted by Crippen LogP contribution is -2.31. The predicted octanol–water partition coefficient (Wildman–Crippen LogP) is 5.22. The predicted molar refractivity (Wildman–Crippen MR) is 148 cm³/mol. The van der Waals surface area contributed by atoms with E-state index in [-0.39, 0.29) is 23.3 Å². The molecule has 0 saturated heterocycles. The van der Waals surface area contributed by atoms with Crippen molar-refractivity contribution in [2.24, 2.45) is 4.99 Å². The first-order valence-corrected chi connectivity index (χ1v) is 12.6. The van der Waals surface area contributed by atoms with Gasteiger partial charge in [0.15, 0.2) is 5.17 Å². The van der Waals surface area contributed by atoms with E-state index in [4.69, 9.17) is 14.2 Å². The molecule has 1 aliphatic rings. The number of carbonyl (C=O) groups excluding carboxylic acids is 2. The van der Waals surface area contributed by atoms with Gasteiger partial charge in [0.05, 0.1) is 32.3 Å². The van der Waals surface area contributed by atoms with Crippen LogP contribution < -0.4 is 24.4 Å². The number of nitrogens with zero attached hydrogens (tertiary/aromatic N) is 2. The normalized spacial score (nSPS) is 13.9. The second kappa shape index (κ2) is 12.1. The van der Waals surface area contributed by atoms with Gasteiger partial charge >= 0.3 is 0 Å². The third-order valence-corrected chi connectivity index (χ3v) is 6.30. The molecule has 3 aromatic rings. The summed E-state index contributed by atoms with van der Waals surface area (Å²) in [4.78, 5) is 32.1. The molecule has 0 radical (unpaired) electrons. The van der Waals surface area contributed by atoms with Gasteiger partial charge in [0, 0.05) is 5.69 Å². The molecule has 190 valence electrons. The lowest BCUT2D eigenvalue weighted by atomic mass is 10.2. The van der Waals surface area contributed by atoms with Crippen LogP contribution in [-0.4, -0.2) is 43.6 Å². The number of aliphatic imine (C=N–C) groups is 1. The third-order valence-electron chi connectivity index (χ3n) is 5.36. The average Bonchev–Trinajstić information content (AvgIpc) is 3.23. The Kier molecular flexibility index (Phi) is 8.48. The van der Waals surface area contributed by atoms with E-state index in [9.17, 15) is 9.59 Å². The molecule has 0 atom stereocenters. The van der Waals surface area contributed by atoms with Gasteiger partial charge in [-0.25, -0.2) is 4.99 Å². The van der Waals surface area contributed by atoms with Crippen LogP contribution in [-0.2, 0) is 9.59 Å². The Balaban J connectivity index is 1.54. The molecule has 8 nitrogen and oxygen atoms in total. The van der Waals surface area contributed by atoms with Crippen molar-refractivity contribution in [1.29, 1.82) is 0 Å². The van der Waals surface area contributed by atoms with Gasteiger partial charge in [0.1, 0.15) is 22.9 Å². The number of ether oxygens (including phenoxy) is 3. The monoisotopic (exact) mass is 517 g/mol. The zero-order chi connectivity index (χ0) is 26.2. The van der Waals surface area contributed by atoms with Crippen LogP contribution >= 0.6 is 11.8 Å². The number of anilines is 2. The quantitative estimate of drug-likeness (QED) is 0.392. The summed E-state index contributed by atoms with van der Waals surface area (Å²) in [6.45, 7) is 2.45. The number of thioether (sulfide) groups is 1. The molecule has 0 unspecified atom stereocenters. The van der Waals surface area contributed by atoms with Crippen molar-refractivity contribution in [2.75, 3.05) is 36.8 Å². The second-order valence-corrected chi connectivity index (χ2v) is 8.77. The first-order chi connectivity index (χ1) is 18.0. The molecule has 0 fully saturated rings. The number of methoxy groups -OCH3 is 2. The van der Waals surface area contributed by atoms with E-state index in [0.717, 1.165) is 11.3 Å². The topological polar surface area (TPSA) is 89.5 Å². The van der Waals surface area contributed by atoms with Gasteiger partial charge in [0.2, 0.25) is 5.91 Å². The molecular formula is C28H27N3O5S. The van der Waals surface area contributed by atoms with Gasteiger partial charge in [-0.1, -0.05) is 23.9 Å². The smallest absolute Gasteiger partial charge is 0.283 e. The Morgan fingerprint density at radius 3 is 2.11 bits per heavy atom. The Bertz CT molecular complexity index is 1300. The lowest BCUT2D eigenvalue weighted by Gasteiger charge is -2.18. The maximum atomic E-state index is 13.4. The molecule has 0 aromatic heterocycles. The maximum Gasteiger partial charge on any atom is 0.283 e. The van der Waals surface area contributed by atoms with E-state index < -0.39 is 0 Å². The zero-order valence-corrected chi connectivity index (χ0v) is 21.6. The highest BCUT2D eigenvalue weighted by atomic mass is 32.2. The molecule has 37 heavy (non-hydrogen) atoms. The van der Waals surface area contributed by atoms with Crippen LogP contribution in [0.3, 0.4) is 0 Å². The standard InChI is InChI=1S/C28H27N3O5S/c1-4-36-24-15-9-21(10-16-24)31-27(33)25(17-19-5-11-22(34-2)12-6-19)30-28(31)37-18-26(32)29-20-7-13-23(35-3)14-8-20/h5-17H,4,18H2,1-3H3,(H,29,32). The van der Waals surface area contributed by atoms with Crippen LogP contribution in [0.15, 0.2) is 83.5 Å². The first kappa shape index (κ1) is 25.8. The molecule has 1 aliphatic heterocycles. The van der Waals surface area contributed by atoms with Crippen LogP contribution in [0.5, 0.6) is 17.2 Å². The third kappa shape index (κ3) is 6.50. The van der Waals surface area contributed by atoms with Crippen molar-refractivity contribution in [3.05, 3.63) is 84.1 Å². The van der Waals surface area contributed by atoms with Crippen molar-refractivity contribution in [2.45, 2.75) is 6.92 Å². The minimum absolute atomic E-state index is 0.0709. The van der Waals surface area contributed by atoms with E-state index in [2.05, 4.69) is 10.3 Å². The van der Waals surface area contributed by atoms with E-state index >= 15 is 0 Å². The number of hydrogen-bond donors (Lipinski definition) is 1. The molecule has 0 aliphatic carbocycles. The average molecular weight is 518 g/mol. The fourth-order valence-electron chi connectivity index (χ4n) is 3.54. The number of amides is 2. The molecule has 0 spiro atoms. The largest absolute Gasteiger partial charge is 0.497 e. The number of amidine groups is 1.